The fourth-order valence-electron chi connectivity index (χ4n) is 0.688. The highest BCUT2D eigenvalue weighted by Gasteiger charge is 2.03. The predicted molar refractivity (Wildman–Crippen MR) is 48.6 cm³/mol. The Labute approximate surface area is 73.3 Å². The van der Waals surface area contributed by atoms with Gasteiger partial charge in [0.2, 0.25) is 0 Å². The molecule has 0 heterocycles. The minimum Gasteiger partial charge on any atom is -0.458 e. The molecule has 0 radical (unpaired) electrons. The van der Waals surface area contributed by atoms with E-state index < -0.39 is 0 Å². The van der Waals surface area contributed by atoms with E-state index >= 15 is 0 Å². The molecule has 68 valence electrons. The quantitative estimate of drug-likeness (QED) is 0.359. The first-order chi connectivity index (χ1) is 5.57. The molecule has 0 spiro atoms. The van der Waals surface area contributed by atoms with E-state index in [4.69, 9.17) is 4.74 Å². The van der Waals surface area contributed by atoms with Crippen LogP contribution in [-0.4, -0.2) is 31.6 Å². The third kappa shape index (κ3) is 4.55. The molecule has 3 heteroatoms. The van der Waals surface area contributed by atoms with Crippen molar-refractivity contribution in [2.45, 2.75) is 6.92 Å². The van der Waals surface area contributed by atoms with Gasteiger partial charge >= 0.3 is 5.97 Å². The molecule has 0 aromatic carbocycles. The lowest BCUT2D eigenvalue weighted by Crippen LogP contribution is -2.10. The van der Waals surface area contributed by atoms with E-state index in [1.54, 1.807) is 24.1 Å². The molecular weight excluding hydrogens is 154 g/mol. The molecule has 0 fully saturated rings. The van der Waals surface area contributed by atoms with Crippen molar-refractivity contribution in [1.29, 1.82) is 0 Å². The Balaban J connectivity index is 4.00. The van der Waals surface area contributed by atoms with E-state index in [0.29, 0.717) is 5.57 Å². The smallest absolute Gasteiger partial charge is 0.335 e. The highest BCUT2D eigenvalue weighted by molar-refractivity contribution is 5.87. The number of esters is 1. The molecule has 0 saturated heterocycles. The van der Waals surface area contributed by atoms with Gasteiger partial charge in [0.15, 0.2) is 0 Å². The molecule has 0 rings (SSSR count). The zero-order valence-corrected chi connectivity index (χ0v) is 7.83. The van der Waals surface area contributed by atoms with Crippen LogP contribution < -0.4 is 0 Å². The van der Waals surface area contributed by atoms with E-state index in [1.165, 1.54) is 0 Å². The summed E-state index contributed by atoms with van der Waals surface area (Å²) in [6.45, 7) is 5.42. The fourth-order valence-corrected chi connectivity index (χ4v) is 0.688. The Morgan fingerprint density at radius 2 is 2.17 bits per heavy atom. The van der Waals surface area contributed by atoms with Gasteiger partial charge in [-0.05, 0) is 6.92 Å². The summed E-state index contributed by atoms with van der Waals surface area (Å²) in [4.78, 5) is 12.9. The standard InChI is InChI=1S/C9H15NO2/c1-5-6-12-9(11)8(2)7-10(3)4/h5,7H,1,6H2,2-4H3. The topological polar surface area (TPSA) is 29.5 Å². The van der Waals surface area contributed by atoms with Crippen LogP contribution in [-0.2, 0) is 9.53 Å². The third-order valence-corrected chi connectivity index (χ3v) is 1.11. The first-order valence-corrected chi connectivity index (χ1v) is 3.70. The Bertz CT molecular complexity index is 195. The van der Waals surface area contributed by atoms with E-state index in [9.17, 15) is 4.79 Å². The molecule has 0 amide bonds. The van der Waals surface area contributed by atoms with Crippen LogP contribution in [0.25, 0.3) is 0 Å². The van der Waals surface area contributed by atoms with Gasteiger partial charge in [0.1, 0.15) is 6.61 Å². The maximum atomic E-state index is 11.1. The lowest BCUT2D eigenvalue weighted by Gasteiger charge is -2.07. The molecule has 0 unspecified atom stereocenters. The minimum absolute atomic E-state index is 0.261. The summed E-state index contributed by atoms with van der Waals surface area (Å²) in [6, 6.07) is 0. The van der Waals surface area contributed by atoms with Crippen molar-refractivity contribution in [3.63, 3.8) is 0 Å². The van der Waals surface area contributed by atoms with Crippen molar-refractivity contribution in [1.82, 2.24) is 4.90 Å². The molecule has 0 bridgehead atoms. The van der Waals surface area contributed by atoms with Crippen LogP contribution in [0, 0.1) is 0 Å². The maximum Gasteiger partial charge on any atom is 0.335 e. The molecule has 0 aromatic rings. The van der Waals surface area contributed by atoms with Crippen LogP contribution in [0.15, 0.2) is 24.4 Å². The number of carbonyl (C=O) groups is 1. The number of nitrogens with zero attached hydrogens (tertiary/aromatic N) is 1. The van der Waals surface area contributed by atoms with Gasteiger partial charge in [-0.25, -0.2) is 4.79 Å². The summed E-state index contributed by atoms with van der Waals surface area (Å²) in [5, 5.41) is 0. The second kappa shape index (κ2) is 5.41. The second-order valence-electron chi connectivity index (χ2n) is 2.66. The van der Waals surface area contributed by atoms with Gasteiger partial charge in [-0.2, -0.15) is 0 Å². The van der Waals surface area contributed by atoms with E-state index in [-0.39, 0.29) is 12.6 Å². The molecule has 0 aromatic heterocycles. The summed E-state index contributed by atoms with van der Waals surface area (Å²) >= 11 is 0. The summed E-state index contributed by atoms with van der Waals surface area (Å²) in [6.07, 6.45) is 3.26. The number of hydrogen-bond acceptors (Lipinski definition) is 3. The van der Waals surface area contributed by atoms with Crippen LogP contribution in [0.3, 0.4) is 0 Å². The van der Waals surface area contributed by atoms with Crippen LogP contribution in [0.4, 0.5) is 0 Å². The van der Waals surface area contributed by atoms with Gasteiger partial charge in [0, 0.05) is 25.9 Å². The zero-order valence-electron chi connectivity index (χ0n) is 7.83. The van der Waals surface area contributed by atoms with Crippen molar-refractivity contribution in [2.75, 3.05) is 20.7 Å². The Morgan fingerprint density at radius 3 is 2.58 bits per heavy atom. The molecular formula is C9H15NO2. The van der Waals surface area contributed by atoms with Crippen LogP contribution in [0.5, 0.6) is 0 Å². The number of hydrogen-bond donors (Lipinski definition) is 0. The largest absolute Gasteiger partial charge is 0.458 e. The molecule has 0 aliphatic heterocycles. The van der Waals surface area contributed by atoms with Crippen molar-refractivity contribution in [2.24, 2.45) is 0 Å². The van der Waals surface area contributed by atoms with Gasteiger partial charge in [0.25, 0.3) is 0 Å². The Hall–Kier alpha value is -1.25. The molecule has 12 heavy (non-hydrogen) atoms. The van der Waals surface area contributed by atoms with E-state index in [0.717, 1.165) is 0 Å². The van der Waals surface area contributed by atoms with E-state index in [1.807, 2.05) is 14.1 Å². The monoisotopic (exact) mass is 169 g/mol. The van der Waals surface area contributed by atoms with Crippen molar-refractivity contribution in [3.8, 4) is 0 Å². The molecule has 3 nitrogen and oxygen atoms in total. The lowest BCUT2D eigenvalue weighted by atomic mass is 10.3. The number of carbonyl (C=O) groups excluding carboxylic acids is 1. The Kier molecular flexibility index (Phi) is 4.84. The van der Waals surface area contributed by atoms with Gasteiger partial charge in [-0.1, -0.05) is 12.7 Å². The van der Waals surface area contributed by atoms with Gasteiger partial charge in [-0.3, -0.25) is 0 Å². The van der Waals surface area contributed by atoms with Gasteiger partial charge < -0.3 is 9.64 Å². The molecule has 0 aliphatic carbocycles. The zero-order chi connectivity index (χ0) is 9.56. The average Bonchev–Trinajstić information content (AvgIpc) is 1.98. The van der Waals surface area contributed by atoms with Crippen LogP contribution in [0.2, 0.25) is 0 Å². The highest BCUT2D eigenvalue weighted by Crippen LogP contribution is 1.97. The molecule has 0 atom stereocenters. The first-order valence-electron chi connectivity index (χ1n) is 3.70. The highest BCUT2D eigenvalue weighted by atomic mass is 16.5. The first kappa shape index (κ1) is 10.8. The van der Waals surface area contributed by atoms with Crippen molar-refractivity contribution < 1.29 is 9.53 Å². The van der Waals surface area contributed by atoms with Crippen molar-refractivity contribution in [3.05, 3.63) is 24.4 Å². The van der Waals surface area contributed by atoms with Crippen LogP contribution >= 0.6 is 0 Å². The maximum absolute atomic E-state index is 11.1. The average molecular weight is 169 g/mol. The van der Waals surface area contributed by atoms with E-state index in [2.05, 4.69) is 6.58 Å². The van der Waals surface area contributed by atoms with Gasteiger partial charge in [0.05, 0.1) is 0 Å². The lowest BCUT2D eigenvalue weighted by molar-refractivity contribution is -0.137. The SMILES string of the molecule is C=CCOC(=O)C(C)=CN(C)C. The molecule has 0 aliphatic rings. The second-order valence-corrected chi connectivity index (χ2v) is 2.66. The normalized spacial score (nSPS) is 10.8. The third-order valence-electron chi connectivity index (χ3n) is 1.11. The summed E-state index contributed by atoms with van der Waals surface area (Å²) in [7, 11) is 3.70. The fraction of sp³-hybridized carbons (Fsp3) is 0.444. The number of rotatable bonds is 4. The van der Waals surface area contributed by atoms with Crippen molar-refractivity contribution >= 4 is 5.97 Å². The van der Waals surface area contributed by atoms with Gasteiger partial charge in [-0.15, -0.1) is 0 Å². The molecule has 0 N–H and O–H groups in total. The number of ether oxygens (including phenoxy) is 1. The summed E-state index contributed by atoms with van der Waals surface area (Å²) < 4.78 is 4.80. The molecule has 0 saturated carbocycles. The summed E-state index contributed by atoms with van der Waals surface area (Å²) in [5.74, 6) is -0.302. The summed E-state index contributed by atoms with van der Waals surface area (Å²) in [5.41, 5.74) is 0.585. The van der Waals surface area contributed by atoms with Crippen LogP contribution in [0.1, 0.15) is 6.92 Å². The predicted octanol–water partition coefficient (Wildman–Crippen LogP) is 1.18. The Morgan fingerprint density at radius 1 is 1.58 bits per heavy atom. The minimum atomic E-state index is -0.302.